The Kier molecular flexibility index (Phi) is 3.58. The maximum Gasteiger partial charge on any atom is 0.272 e. The number of benzene rings is 1. The molecule has 2 N–H and O–H groups in total. The van der Waals surface area contributed by atoms with Crippen LogP contribution in [0.5, 0.6) is 0 Å². The van der Waals surface area contributed by atoms with Crippen LogP contribution in [0.4, 0.5) is 5.82 Å². The normalized spacial score (nSPS) is 14.9. The SMILES string of the molecule is Nc1noc2c(-c3ccc4ncc(C(=O)N5CCOCC5)n4c3)cccc12. The summed E-state index contributed by atoms with van der Waals surface area (Å²) < 4.78 is 12.6. The predicted octanol–water partition coefficient (Wildman–Crippen LogP) is 2.20. The standard InChI is InChI=1S/C19H17N5O3/c20-18-14-3-1-2-13(17(14)27-22-18)12-4-5-16-21-10-15(24(16)11-12)19(25)23-6-8-26-9-7-23/h1-5,10-11H,6-9H2,(H2,20,22). The van der Waals surface area contributed by atoms with Gasteiger partial charge in [-0.05, 0) is 18.2 Å². The number of anilines is 1. The molecule has 1 fully saturated rings. The van der Waals surface area contributed by atoms with Gasteiger partial charge in [-0.1, -0.05) is 17.3 Å². The molecule has 1 amide bonds. The number of imidazole rings is 1. The number of morpholine rings is 1. The number of rotatable bonds is 2. The van der Waals surface area contributed by atoms with Crippen LogP contribution >= 0.6 is 0 Å². The van der Waals surface area contributed by atoms with Gasteiger partial charge in [-0.3, -0.25) is 9.20 Å². The second-order valence-electron chi connectivity index (χ2n) is 6.44. The van der Waals surface area contributed by atoms with E-state index in [4.69, 9.17) is 15.0 Å². The number of pyridine rings is 1. The fraction of sp³-hybridized carbons (Fsp3) is 0.211. The van der Waals surface area contributed by atoms with Crippen LogP contribution in [0, 0.1) is 0 Å². The fourth-order valence-corrected chi connectivity index (χ4v) is 3.43. The van der Waals surface area contributed by atoms with Crippen molar-refractivity contribution in [1.82, 2.24) is 19.4 Å². The third-order valence-electron chi connectivity index (χ3n) is 4.86. The summed E-state index contributed by atoms with van der Waals surface area (Å²) in [5.74, 6) is 0.309. The zero-order chi connectivity index (χ0) is 18.4. The van der Waals surface area contributed by atoms with Crippen molar-refractivity contribution >= 4 is 28.3 Å². The number of nitrogens with two attached hydrogens (primary N) is 1. The lowest BCUT2D eigenvalue weighted by Crippen LogP contribution is -2.41. The molecular formula is C19H17N5O3. The fourth-order valence-electron chi connectivity index (χ4n) is 3.43. The molecule has 0 saturated carbocycles. The van der Waals surface area contributed by atoms with Crippen molar-refractivity contribution in [2.75, 3.05) is 32.0 Å². The molecule has 136 valence electrons. The topological polar surface area (TPSA) is 98.9 Å². The highest BCUT2D eigenvalue weighted by Crippen LogP contribution is 2.31. The molecule has 3 aromatic heterocycles. The van der Waals surface area contributed by atoms with Gasteiger partial charge in [0.15, 0.2) is 11.4 Å². The summed E-state index contributed by atoms with van der Waals surface area (Å²) in [5.41, 5.74) is 9.46. The van der Waals surface area contributed by atoms with E-state index in [1.54, 1.807) is 11.1 Å². The Hall–Kier alpha value is -3.39. The molecule has 0 spiro atoms. The molecule has 5 rings (SSSR count). The summed E-state index contributed by atoms with van der Waals surface area (Å²) in [6.45, 7) is 2.29. The number of aromatic nitrogens is 3. The van der Waals surface area contributed by atoms with Gasteiger partial charge in [-0.25, -0.2) is 4.98 Å². The number of fused-ring (bicyclic) bond motifs is 2. The average molecular weight is 363 g/mol. The van der Waals surface area contributed by atoms with E-state index in [0.29, 0.717) is 49.0 Å². The van der Waals surface area contributed by atoms with Crippen LogP contribution in [0.3, 0.4) is 0 Å². The molecule has 8 nitrogen and oxygen atoms in total. The molecule has 0 radical (unpaired) electrons. The smallest absolute Gasteiger partial charge is 0.272 e. The lowest BCUT2D eigenvalue weighted by molar-refractivity contribution is 0.0298. The summed E-state index contributed by atoms with van der Waals surface area (Å²) in [6, 6.07) is 9.54. The van der Waals surface area contributed by atoms with Gasteiger partial charge in [0.05, 0.1) is 24.8 Å². The number of hydrogen-bond acceptors (Lipinski definition) is 6. The molecule has 8 heteroatoms. The van der Waals surface area contributed by atoms with Crippen LogP contribution in [0.2, 0.25) is 0 Å². The van der Waals surface area contributed by atoms with E-state index in [-0.39, 0.29) is 5.91 Å². The van der Waals surface area contributed by atoms with E-state index in [1.807, 2.05) is 40.9 Å². The molecule has 1 aromatic carbocycles. The lowest BCUT2D eigenvalue weighted by atomic mass is 10.1. The molecule has 0 unspecified atom stereocenters. The zero-order valence-electron chi connectivity index (χ0n) is 14.5. The minimum absolute atomic E-state index is 0.0509. The third kappa shape index (κ3) is 2.53. The van der Waals surface area contributed by atoms with Crippen LogP contribution < -0.4 is 5.73 Å². The Labute approximate surface area is 154 Å². The van der Waals surface area contributed by atoms with Gasteiger partial charge < -0.3 is 19.9 Å². The highest BCUT2D eigenvalue weighted by Gasteiger charge is 2.22. The van der Waals surface area contributed by atoms with E-state index in [0.717, 1.165) is 16.5 Å². The highest BCUT2D eigenvalue weighted by atomic mass is 16.5. The zero-order valence-corrected chi connectivity index (χ0v) is 14.5. The van der Waals surface area contributed by atoms with Crippen molar-refractivity contribution in [3.05, 3.63) is 48.4 Å². The number of carbonyl (C=O) groups excluding carboxylic acids is 1. The van der Waals surface area contributed by atoms with Gasteiger partial charge in [0, 0.05) is 30.4 Å². The van der Waals surface area contributed by atoms with Crippen LogP contribution in [0.25, 0.3) is 27.7 Å². The van der Waals surface area contributed by atoms with Gasteiger partial charge in [0.1, 0.15) is 11.3 Å². The first-order valence-corrected chi connectivity index (χ1v) is 8.71. The van der Waals surface area contributed by atoms with Crippen molar-refractivity contribution < 1.29 is 14.1 Å². The maximum atomic E-state index is 12.9. The number of nitrogens with zero attached hydrogens (tertiary/aromatic N) is 4. The van der Waals surface area contributed by atoms with Gasteiger partial charge in [0.2, 0.25) is 0 Å². The monoisotopic (exact) mass is 363 g/mol. The molecule has 1 aliphatic heterocycles. The van der Waals surface area contributed by atoms with Gasteiger partial charge in [-0.15, -0.1) is 0 Å². The van der Waals surface area contributed by atoms with Crippen LogP contribution in [0.15, 0.2) is 47.2 Å². The Balaban J connectivity index is 1.61. The second-order valence-corrected chi connectivity index (χ2v) is 6.44. The number of nitrogen functional groups attached to an aromatic ring is 1. The van der Waals surface area contributed by atoms with Gasteiger partial charge in [0.25, 0.3) is 5.91 Å². The van der Waals surface area contributed by atoms with Crippen molar-refractivity contribution in [2.45, 2.75) is 0 Å². The Morgan fingerprint density at radius 3 is 2.85 bits per heavy atom. The number of ether oxygens (including phenoxy) is 1. The highest BCUT2D eigenvalue weighted by molar-refractivity contribution is 5.98. The minimum atomic E-state index is -0.0509. The first kappa shape index (κ1) is 15.8. The average Bonchev–Trinajstić information content (AvgIpc) is 3.31. The first-order valence-electron chi connectivity index (χ1n) is 8.71. The number of carbonyl (C=O) groups is 1. The molecule has 0 atom stereocenters. The molecule has 0 bridgehead atoms. The predicted molar refractivity (Wildman–Crippen MR) is 99.3 cm³/mol. The molecule has 4 aromatic rings. The van der Waals surface area contributed by atoms with Crippen molar-refractivity contribution in [2.24, 2.45) is 0 Å². The molecular weight excluding hydrogens is 346 g/mol. The van der Waals surface area contributed by atoms with Crippen molar-refractivity contribution in [3.8, 4) is 11.1 Å². The molecule has 4 heterocycles. The number of hydrogen-bond donors (Lipinski definition) is 1. The Morgan fingerprint density at radius 1 is 1.15 bits per heavy atom. The summed E-state index contributed by atoms with van der Waals surface area (Å²) >= 11 is 0. The molecule has 0 aliphatic carbocycles. The van der Waals surface area contributed by atoms with Crippen molar-refractivity contribution in [3.63, 3.8) is 0 Å². The molecule has 1 aliphatic rings. The number of amides is 1. The van der Waals surface area contributed by atoms with Crippen LogP contribution in [-0.4, -0.2) is 51.7 Å². The first-order chi connectivity index (χ1) is 13.2. The van der Waals surface area contributed by atoms with E-state index in [1.165, 1.54) is 0 Å². The van der Waals surface area contributed by atoms with Gasteiger partial charge >= 0.3 is 0 Å². The van der Waals surface area contributed by atoms with Gasteiger partial charge in [-0.2, -0.15) is 0 Å². The minimum Gasteiger partial charge on any atom is -0.380 e. The molecule has 1 saturated heterocycles. The maximum absolute atomic E-state index is 12.9. The summed E-state index contributed by atoms with van der Waals surface area (Å²) in [7, 11) is 0. The van der Waals surface area contributed by atoms with E-state index >= 15 is 0 Å². The number of para-hydroxylation sites is 1. The summed E-state index contributed by atoms with van der Waals surface area (Å²) in [6.07, 6.45) is 3.51. The van der Waals surface area contributed by atoms with E-state index in [9.17, 15) is 4.79 Å². The lowest BCUT2D eigenvalue weighted by Gasteiger charge is -2.26. The summed E-state index contributed by atoms with van der Waals surface area (Å²) in [4.78, 5) is 19.1. The quantitative estimate of drug-likeness (QED) is 0.586. The van der Waals surface area contributed by atoms with Crippen molar-refractivity contribution in [1.29, 1.82) is 0 Å². The van der Waals surface area contributed by atoms with Crippen LogP contribution in [-0.2, 0) is 4.74 Å². The largest absolute Gasteiger partial charge is 0.380 e. The second kappa shape index (κ2) is 6.10. The van der Waals surface area contributed by atoms with E-state index in [2.05, 4.69) is 10.1 Å². The Bertz CT molecular complexity index is 1160. The third-order valence-corrected chi connectivity index (χ3v) is 4.86. The van der Waals surface area contributed by atoms with Crippen LogP contribution in [0.1, 0.15) is 10.5 Å². The Morgan fingerprint density at radius 2 is 2.00 bits per heavy atom. The summed E-state index contributed by atoms with van der Waals surface area (Å²) in [5, 5.41) is 4.62. The molecule has 27 heavy (non-hydrogen) atoms. The van der Waals surface area contributed by atoms with E-state index < -0.39 is 0 Å².